The zero-order valence-corrected chi connectivity index (χ0v) is 19.0. The van der Waals surface area contributed by atoms with E-state index in [9.17, 15) is 16.8 Å². The zero-order chi connectivity index (χ0) is 21.9. The molecule has 0 aliphatic carbocycles. The molecule has 1 N–H and O–H groups in total. The van der Waals surface area contributed by atoms with Crippen molar-refractivity contribution in [1.29, 1.82) is 0 Å². The van der Waals surface area contributed by atoms with Gasteiger partial charge in [0.2, 0.25) is 20.0 Å². The fourth-order valence-corrected chi connectivity index (χ4v) is 5.44. The molecular weight excluding hydrogens is 422 g/mol. The molecule has 0 bridgehead atoms. The molecule has 30 heavy (non-hydrogen) atoms. The smallest absolute Gasteiger partial charge is 0.250 e. The molecule has 0 fully saturated rings. The number of hydrazone groups is 1. The Morgan fingerprint density at radius 3 is 2.20 bits per heavy atom. The monoisotopic (exact) mass is 449 g/mol. The van der Waals surface area contributed by atoms with Gasteiger partial charge in [0.25, 0.3) is 0 Å². The van der Waals surface area contributed by atoms with Crippen molar-refractivity contribution in [1.82, 2.24) is 4.41 Å². The van der Waals surface area contributed by atoms with E-state index in [2.05, 4.69) is 9.82 Å². The van der Waals surface area contributed by atoms with E-state index in [0.29, 0.717) is 24.2 Å². The average Bonchev–Trinajstić information content (AvgIpc) is 3.15. The fourth-order valence-electron chi connectivity index (χ4n) is 3.29. The number of hydrogen-bond donors (Lipinski definition) is 1. The number of hydrogen-bond acceptors (Lipinski definition) is 5. The topological polar surface area (TPSA) is 95.9 Å². The van der Waals surface area contributed by atoms with E-state index in [1.807, 2.05) is 38.1 Å². The molecule has 3 rings (SSSR count). The summed E-state index contributed by atoms with van der Waals surface area (Å²) in [4.78, 5) is 0. The van der Waals surface area contributed by atoms with Crippen LogP contribution in [-0.4, -0.2) is 38.5 Å². The molecule has 0 amide bonds. The van der Waals surface area contributed by atoms with E-state index in [4.69, 9.17) is 0 Å². The lowest BCUT2D eigenvalue weighted by Crippen LogP contribution is -2.29. The molecule has 1 heterocycles. The molecule has 1 aliphatic heterocycles. The van der Waals surface area contributed by atoms with Crippen molar-refractivity contribution in [2.45, 2.75) is 39.7 Å². The van der Waals surface area contributed by atoms with E-state index in [-0.39, 0.29) is 11.5 Å². The Balaban J connectivity index is 1.92. The van der Waals surface area contributed by atoms with Gasteiger partial charge in [0.1, 0.15) is 0 Å². The standard InChI is InChI=1S/C21H27N3O4S2/c1-4-14-30(27,28)24-21(18-8-6-16(3)7-9-18)15-20(22-24)17-10-12-19(13-11-17)23-29(25,26)5-2/h6-13,21,23H,4-5,14-15H2,1-3H3. The third-order valence-corrected chi connectivity index (χ3v) is 8.09. The first-order chi connectivity index (χ1) is 14.1. The van der Waals surface area contributed by atoms with E-state index in [0.717, 1.165) is 16.7 Å². The van der Waals surface area contributed by atoms with Crippen molar-refractivity contribution >= 4 is 31.4 Å². The predicted molar refractivity (Wildman–Crippen MR) is 121 cm³/mol. The number of aryl methyl sites for hydroxylation is 1. The van der Waals surface area contributed by atoms with Crippen molar-refractivity contribution in [2.75, 3.05) is 16.2 Å². The van der Waals surface area contributed by atoms with Gasteiger partial charge < -0.3 is 0 Å². The Labute approximate surface area is 178 Å². The number of nitrogens with zero attached hydrogens (tertiary/aromatic N) is 2. The van der Waals surface area contributed by atoms with E-state index >= 15 is 0 Å². The average molecular weight is 450 g/mol. The van der Waals surface area contributed by atoms with Crippen LogP contribution in [0.5, 0.6) is 0 Å². The van der Waals surface area contributed by atoms with Crippen LogP contribution >= 0.6 is 0 Å². The summed E-state index contributed by atoms with van der Waals surface area (Å²) < 4.78 is 52.9. The van der Waals surface area contributed by atoms with E-state index in [1.54, 1.807) is 31.2 Å². The minimum absolute atomic E-state index is 0.00998. The molecule has 0 spiro atoms. The third kappa shape index (κ3) is 5.02. The summed E-state index contributed by atoms with van der Waals surface area (Å²) in [7, 11) is -6.89. The molecule has 2 aromatic rings. The van der Waals surface area contributed by atoms with Crippen LogP contribution in [0.25, 0.3) is 0 Å². The van der Waals surface area contributed by atoms with Gasteiger partial charge in [0, 0.05) is 12.1 Å². The Morgan fingerprint density at radius 1 is 1.00 bits per heavy atom. The minimum Gasteiger partial charge on any atom is -0.284 e. The minimum atomic E-state index is -3.54. The molecular formula is C21H27N3O4S2. The molecule has 1 aliphatic rings. The Hall–Kier alpha value is -2.39. The molecule has 9 heteroatoms. The highest BCUT2D eigenvalue weighted by atomic mass is 32.2. The lowest BCUT2D eigenvalue weighted by Gasteiger charge is -2.23. The summed E-state index contributed by atoms with van der Waals surface area (Å²) in [6.45, 7) is 5.38. The number of rotatable bonds is 8. The lowest BCUT2D eigenvalue weighted by molar-refractivity contribution is 0.371. The predicted octanol–water partition coefficient (Wildman–Crippen LogP) is 3.65. The van der Waals surface area contributed by atoms with Crippen LogP contribution < -0.4 is 4.72 Å². The van der Waals surface area contributed by atoms with Crippen LogP contribution in [0.2, 0.25) is 0 Å². The van der Waals surface area contributed by atoms with Crippen LogP contribution in [0, 0.1) is 6.92 Å². The Bertz CT molecular complexity index is 1120. The van der Waals surface area contributed by atoms with Crippen molar-refractivity contribution < 1.29 is 16.8 Å². The summed E-state index contributed by atoms with van der Waals surface area (Å²) in [5.41, 5.74) is 3.88. The van der Waals surface area contributed by atoms with Crippen LogP contribution in [-0.2, 0) is 20.0 Å². The summed E-state index contributed by atoms with van der Waals surface area (Å²) in [6, 6.07) is 14.3. The van der Waals surface area contributed by atoms with Gasteiger partial charge in [-0.2, -0.15) is 9.52 Å². The Morgan fingerprint density at radius 2 is 1.63 bits per heavy atom. The van der Waals surface area contributed by atoms with Gasteiger partial charge in [-0.05, 0) is 43.5 Å². The molecule has 0 radical (unpaired) electrons. The van der Waals surface area contributed by atoms with Crippen molar-refractivity contribution in [3.8, 4) is 0 Å². The maximum atomic E-state index is 12.8. The van der Waals surface area contributed by atoms with Gasteiger partial charge in [-0.1, -0.05) is 48.9 Å². The maximum absolute atomic E-state index is 12.8. The Kier molecular flexibility index (Phi) is 6.52. The molecule has 2 aromatic carbocycles. The molecule has 0 aromatic heterocycles. The van der Waals surface area contributed by atoms with E-state index < -0.39 is 26.1 Å². The molecule has 1 atom stereocenters. The largest absolute Gasteiger partial charge is 0.284 e. The highest BCUT2D eigenvalue weighted by molar-refractivity contribution is 7.92. The number of anilines is 1. The quantitative estimate of drug-likeness (QED) is 0.665. The highest BCUT2D eigenvalue weighted by Crippen LogP contribution is 2.35. The molecule has 162 valence electrons. The summed E-state index contributed by atoms with van der Waals surface area (Å²) in [6.07, 6.45) is 0.961. The SMILES string of the molecule is CCCS(=O)(=O)N1N=C(c2ccc(NS(=O)(=O)CC)cc2)CC1c1ccc(C)cc1. The maximum Gasteiger partial charge on any atom is 0.250 e. The number of sulfonamides is 2. The highest BCUT2D eigenvalue weighted by Gasteiger charge is 2.36. The van der Waals surface area contributed by atoms with Gasteiger partial charge in [0.05, 0.1) is 23.3 Å². The second-order valence-corrected chi connectivity index (χ2v) is 11.3. The van der Waals surface area contributed by atoms with Gasteiger partial charge in [-0.15, -0.1) is 0 Å². The molecule has 7 nitrogen and oxygen atoms in total. The van der Waals surface area contributed by atoms with Crippen LogP contribution in [0.15, 0.2) is 53.6 Å². The number of benzene rings is 2. The molecule has 1 unspecified atom stereocenters. The van der Waals surface area contributed by atoms with E-state index in [1.165, 1.54) is 4.41 Å². The number of nitrogens with one attached hydrogen (secondary N) is 1. The first-order valence-corrected chi connectivity index (χ1v) is 13.2. The lowest BCUT2D eigenvalue weighted by atomic mass is 9.98. The zero-order valence-electron chi connectivity index (χ0n) is 17.4. The fraction of sp³-hybridized carbons (Fsp3) is 0.381. The molecule has 0 saturated heterocycles. The summed E-state index contributed by atoms with van der Waals surface area (Å²) in [5, 5.41) is 4.47. The normalized spacial score (nSPS) is 17.1. The van der Waals surface area contributed by atoms with Gasteiger partial charge in [-0.3, -0.25) is 4.72 Å². The third-order valence-electron chi connectivity index (χ3n) is 4.95. The van der Waals surface area contributed by atoms with Gasteiger partial charge in [-0.25, -0.2) is 16.8 Å². The second-order valence-electron chi connectivity index (χ2n) is 7.35. The summed E-state index contributed by atoms with van der Waals surface area (Å²) >= 11 is 0. The van der Waals surface area contributed by atoms with Crippen LogP contribution in [0.4, 0.5) is 5.69 Å². The van der Waals surface area contributed by atoms with Crippen LogP contribution in [0.1, 0.15) is 49.4 Å². The van der Waals surface area contributed by atoms with Crippen molar-refractivity contribution in [2.24, 2.45) is 5.10 Å². The summed E-state index contributed by atoms with van der Waals surface area (Å²) in [5.74, 6) is 0.0216. The van der Waals surface area contributed by atoms with Gasteiger partial charge >= 0.3 is 0 Å². The first kappa shape index (κ1) is 22.3. The van der Waals surface area contributed by atoms with Crippen molar-refractivity contribution in [3.63, 3.8) is 0 Å². The first-order valence-electron chi connectivity index (χ1n) is 9.92. The van der Waals surface area contributed by atoms with Gasteiger partial charge in [0.15, 0.2) is 0 Å². The second kappa shape index (κ2) is 8.77. The van der Waals surface area contributed by atoms with Crippen LogP contribution in [0.3, 0.4) is 0 Å². The molecule has 0 saturated carbocycles. The van der Waals surface area contributed by atoms with Crippen molar-refractivity contribution in [3.05, 3.63) is 65.2 Å².